The number of carbonyl (C=O) groups is 1. The lowest BCUT2D eigenvalue weighted by Crippen LogP contribution is -2.35. The normalized spacial score (nSPS) is 21.0. The van der Waals surface area contributed by atoms with Crippen LogP contribution < -0.4 is 4.74 Å². The number of nitrogens with zero attached hydrogens (tertiary/aromatic N) is 5. The van der Waals surface area contributed by atoms with Crippen LogP contribution in [0.4, 0.5) is 13.2 Å². The maximum atomic E-state index is 13.4. The van der Waals surface area contributed by atoms with E-state index >= 15 is 0 Å². The van der Waals surface area contributed by atoms with Crippen LogP contribution in [0.15, 0.2) is 61.1 Å². The minimum atomic E-state index is -4.77. The lowest BCUT2D eigenvalue weighted by Gasteiger charge is -2.25. The first-order chi connectivity index (χ1) is 18.2. The van der Waals surface area contributed by atoms with Crippen LogP contribution in [0.2, 0.25) is 0 Å². The second-order valence-corrected chi connectivity index (χ2v) is 11.2. The van der Waals surface area contributed by atoms with Crippen molar-refractivity contribution >= 4 is 27.5 Å². The summed E-state index contributed by atoms with van der Waals surface area (Å²) in [7, 11) is 1.79. The molecule has 0 bridgehead atoms. The second kappa shape index (κ2) is 9.70. The zero-order valence-corrected chi connectivity index (χ0v) is 21.5. The monoisotopic (exact) mass is 541 g/mol. The van der Waals surface area contributed by atoms with Crippen molar-refractivity contribution in [3.8, 4) is 5.75 Å². The van der Waals surface area contributed by atoms with E-state index < -0.39 is 6.36 Å². The van der Waals surface area contributed by atoms with E-state index in [4.69, 9.17) is 4.98 Å². The quantitative estimate of drug-likeness (QED) is 0.316. The van der Waals surface area contributed by atoms with Gasteiger partial charge in [0.15, 0.2) is 0 Å². The molecule has 2 atom stereocenters. The van der Waals surface area contributed by atoms with Crippen molar-refractivity contribution in [1.29, 1.82) is 0 Å². The Balaban J connectivity index is 1.12. The van der Waals surface area contributed by atoms with Gasteiger partial charge in [0.2, 0.25) is 0 Å². The van der Waals surface area contributed by atoms with E-state index in [-0.39, 0.29) is 18.2 Å². The van der Waals surface area contributed by atoms with E-state index in [1.54, 1.807) is 46.4 Å². The van der Waals surface area contributed by atoms with E-state index in [0.717, 1.165) is 30.2 Å². The van der Waals surface area contributed by atoms with Crippen molar-refractivity contribution in [1.82, 2.24) is 24.3 Å². The Bertz CT molecular complexity index is 1420. The highest BCUT2D eigenvalue weighted by Crippen LogP contribution is 2.52. The van der Waals surface area contributed by atoms with E-state index in [2.05, 4.69) is 20.7 Å². The molecular weight excluding hydrogens is 515 g/mol. The largest absolute Gasteiger partial charge is 0.573 e. The number of aryl methyl sites for hydroxylation is 1. The van der Waals surface area contributed by atoms with Crippen molar-refractivity contribution in [2.45, 2.75) is 19.5 Å². The third-order valence-electron chi connectivity index (χ3n) is 7.29. The molecule has 198 valence electrons. The van der Waals surface area contributed by atoms with E-state index in [1.165, 1.54) is 22.9 Å². The number of halogens is 3. The third-order valence-corrected chi connectivity index (χ3v) is 8.31. The molecular formula is C27H26F3N5O2S. The van der Waals surface area contributed by atoms with Gasteiger partial charge in [-0.2, -0.15) is 0 Å². The number of alkyl halides is 3. The summed E-state index contributed by atoms with van der Waals surface area (Å²) >= 11 is 1.73. The van der Waals surface area contributed by atoms with Gasteiger partial charge in [0, 0.05) is 39.4 Å². The number of thiazole rings is 1. The highest BCUT2D eigenvalue weighted by molar-refractivity contribution is 7.18. The van der Waals surface area contributed by atoms with E-state index in [1.807, 2.05) is 18.2 Å². The first-order valence-electron chi connectivity index (χ1n) is 12.4. The number of para-hydroxylation sites is 1. The summed E-state index contributed by atoms with van der Waals surface area (Å²) < 4.78 is 45.1. The summed E-state index contributed by atoms with van der Waals surface area (Å²) in [5, 5.41) is 1.11. The number of benzene rings is 2. The number of amides is 1. The summed E-state index contributed by atoms with van der Waals surface area (Å²) in [5.41, 5.74) is 1.92. The van der Waals surface area contributed by atoms with Crippen molar-refractivity contribution < 1.29 is 22.7 Å². The number of hydrogen-bond donors (Lipinski definition) is 0. The molecule has 1 amide bonds. The van der Waals surface area contributed by atoms with Gasteiger partial charge in [-0.15, -0.1) is 24.5 Å². The fourth-order valence-corrected chi connectivity index (χ4v) is 6.55. The predicted octanol–water partition coefficient (Wildman–Crippen LogP) is 4.95. The number of hydrogen-bond acceptors (Lipinski definition) is 6. The Hall–Kier alpha value is -3.44. The number of likely N-dealkylation sites (tertiary alicyclic amines) is 1. The molecule has 1 aliphatic carbocycles. The summed E-state index contributed by atoms with van der Waals surface area (Å²) in [4.78, 5) is 26.5. The highest BCUT2D eigenvalue weighted by Gasteiger charge is 2.56. The van der Waals surface area contributed by atoms with Crippen molar-refractivity contribution in [2.24, 2.45) is 24.8 Å². The van der Waals surface area contributed by atoms with Crippen LogP contribution in [0.5, 0.6) is 5.75 Å². The Morgan fingerprint density at radius 3 is 2.66 bits per heavy atom. The van der Waals surface area contributed by atoms with Crippen LogP contribution in [0.3, 0.4) is 0 Å². The minimum Gasteiger partial charge on any atom is -0.406 e. The van der Waals surface area contributed by atoms with Crippen LogP contribution in [0, 0.1) is 17.8 Å². The fourth-order valence-electron chi connectivity index (χ4n) is 5.54. The van der Waals surface area contributed by atoms with Crippen molar-refractivity contribution in [3.05, 3.63) is 77.3 Å². The Morgan fingerprint density at radius 1 is 1.16 bits per heavy atom. The van der Waals surface area contributed by atoms with Gasteiger partial charge in [-0.3, -0.25) is 9.69 Å². The smallest absolute Gasteiger partial charge is 0.406 e. The second-order valence-electron chi connectivity index (χ2n) is 10.1. The summed E-state index contributed by atoms with van der Waals surface area (Å²) in [6.45, 7) is 3.43. The van der Waals surface area contributed by atoms with Gasteiger partial charge < -0.3 is 14.2 Å². The first kappa shape index (κ1) is 24.9. The van der Waals surface area contributed by atoms with Crippen molar-refractivity contribution in [3.63, 3.8) is 0 Å². The van der Waals surface area contributed by atoms with Crippen molar-refractivity contribution in [2.75, 3.05) is 19.6 Å². The molecule has 11 heteroatoms. The molecule has 1 saturated carbocycles. The number of rotatable bonds is 8. The average Bonchev–Trinajstić information content (AvgIpc) is 3.29. The van der Waals surface area contributed by atoms with Gasteiger partial charge >= 0.3 is 6.36 Å². The maximum Gasteiger partial charge on any atom is 0.573 e. The molecule has 2 aliphatic rings. The topological polar surface area (TPSA) is 63.5 Å². The van der Waals surface area contributed by atoms with Gasteiger partial charge in [0.1, 0.15) is 16.5 Å². The fraction of sp³-hybridized carbons (Fsp3) is 0.370. The molecule has 0 radical (unpaired) electrons. The Kier molecular flexibility index (Phi) is 6.35. The zero-order chi connectivity index (χ0) is 26.4. The molecule has 2 aromatic heterocycles. The van der Waals surface area contributed by atoms with Gasteiger partial charge in [-0.25, -0.2) is 9.97 Å². The summed E-state index contributed by atoms with van der Waals surface area (Å²) in [5.74, 6) is 0.800. The maximum absolute atomic E-state index is 13.4. The molecule has 4 aromatic rings. The van der Waals surface area contributed by atoms with Crippen LogP contribution >= 0.6 is 11.3 Å². The molecule has 1 saturated heterocycles. The molecule has 38 heavy (non-hydrogen) atoms. The molecule has 2 fully saturated rings. The Labute approximate surface area is 221 Å². The molecule has 2 unspecified atom stereocenters. The number of aromatic nitrogens is 3. The Morgan fingerprint density at radius 2 is 1.95 bits per heavy atom. The van der Waals surface area contributed by atoms with Crippen LogP contribution in [0.25, 0.3) is 10.2 Å². The highest BCUT2D eigenvalue weighted by atomic mass is 32.1. The number of fused-ring (bicyclic) bond motifs is 2. The SMILES string of the molecule is Cn1cnc(C(=O)N(Cc2cccc(OC(F)(F)F)c2)CC2C3CN(Cc4nc5ccccc5s4)CC32)c1. The van der Waals surface area contributed by atoms with Crippen LogP contribution in [0.1, 0.15) is 21.1 Å². The number of carbonyl (C=O) groups excluding carboxylic acids is 1. The van der Waals surface area contributed by atoms with Gasteiger partial charge in [-0.1, -0.05) is 24.3 Å². The molecule has 1 aliphatic heterocycles. The van der Waals surface area contributed by atoms with Gasteiger partial charge in [-0.05, 0) is 47.6 Å². The van der Waals surface area contributed by atoms with E-state index in [9.17, 15) is 18.0 Å². The van der Waals surface area contributed by atoms with Gasteiger partial charge in [0.25, 0.3) is 5.91 Å². The van der Waals surface area contributed by atoms with Gasteiger partial charge in [0.05, 0.1) is 23.1 Å². The molecule has 2 aromatic carbocycles. The molecule has 0 N–H and O–H groups in total. The predicted molar refractivity (Wildman–Crippen MR) is 136 cm³/mol. The average molecular weight is 542 g/mol. The third kappa shape index (κ3) is 5.39. The zero-order valence-electron chi connectivity index (χ0n) is 20.6. The standard InChI is InChI=1S/C27H26F3N5O2S/c1-33-14-23(31-16-33)26(36)35(10-17-5-4-6-18(9-17)37-27(28,29)30)13-21-19-11-34(12-20(19)21)15-25-32-22-7-2-3-8-24(22)38-25/h2-9,14,16,19-21H,10-13,15H2,1H3. The lowest BCUT2D eigenvalue weighted by molar-refractivity contribution is -0.274. The number of imidazole rings is 1. The molecule has 0 spiro atoms. The molecule has 6 rings (SSSR count). The summed E-state index contributed by atoms with van der Waals surface area (Å²) in [6.07, 6.45) is -1.55. The number of piperidine rings is 1. The van der Waals surface area contributed by atoms with Crippen LogP contribution in [-0.2, 0) is 20.1 Å². The first-order valence-corrected chi connectivity index (χ1v) is 13.2. The number of ether oxygens (including phenoxy) is 1. The molecule has 3 heterocycles. The minimum absolute atomic E-state index is 0.176. The van der Waals surface area contributed by atoms with E-state index in [0.29, 0.717) is 35.6 Å². The summed E-state index contributed by atoms with van der Waals surface area (Å²) in [6, 6.07) is 13.9. The van der Waals surface area contributed by atoms with Crippen LogP contribution in [-0.4, -0.2) is 56.2 Å². The molecule has 7 nitrogen and oxygen atoms in total. The lowest BCUT2D eigenvalue weighted by atomic mass is 10.1.